The van der Waals surface area contributed by atoms with Gasteiger partial charge in [-0.05, 0) is 40.0 Å². The van der Waals surface area contributed by atoms with Gasteiger partial charge < -0.3 is 14.8 Å². The quantitative estimate of drug-likeness (QED) is 0.779. The number of benzene rings is 2. The van der Waals surface area contributed by atoms with E-state index in [0.717, 1.165) is 26.1 Å². The molecule has 26 heavy (non-hydrogen) atoms. The van der Waals surface area contributed by atoms with Gasteiger partial charge in [0.05, 0.1) is 24.3 Å². The summed E-state index contributed by atoms with van der Waals surface area (Å²) >= 11 is 3.43. The van der Waals surface area contributed by atoms with Crippen LogP contribution in [-0.2, 0) is 6.54 Å². The van der Waals surface area contributed by atoms with Crippen LogP contribution in [0.3, 0.4) is 0 Å². The summed E-state index contributed by atoms with van der Waals surface area (Å²) in [6, 6.07) is 14.0. The van der Waals surface area contributed by atoms with Crippen molar-refractivity contribution in [3.63, 3.8) is 0 Å². The van der Waals surface area contributed by atoms with Crippen LogP contribution in [0.15, 0.2) is 46.9 Å². The lowest BCUT2D eigenvalue weighted by Crippen LogP contribution is -2.37. The zero-order valence-electron chi connectivity index (χ0n) is 15.0. The third-order valence-corrected chi connectivity index (χ3v) is 5.15. The van der Waals surface area contributed by atoms with E-state index in [9.17, 15) is 4.79 Å². The number of amides is 1. The molecule has 138 valence electrons. The van der Waals surface area contributed by atoms with Gasteiger partial charge in [0.2, 0.25) is 0 Å². The van der Waals surface area contributed by atoms with E-state index in [-0.39, 0.29) is 11.9 Å². The Morgan fingerprint density at radius 1 is 1.23 bits per heavy atom. The second-order valence-corrected chi connectivity index (χ2v) is 7.22. The van der Waals surface area contributed by atoms with Crippen LogP contribution in [0.2, 0.25) is 0 Å². The molecule has 1 fully saturated rings. The van der Waals surface area contributed by atoms with Gasteiger partial charge in [0, 0.05) is 25.7 Å². The minimum Gasteiger partial charge on any atom is -0.497 e. The first kappa shape index (κ1) is 18.7. The molecule has 1 N–H and O–H groups in total. The van der Waals surface area contributed by atoms with E-state index >= 15 is 0 Å². The first-order chi connectivity index (χ1) is 12.6. The fourth-order valence-corrected chi connectivity index (χ4v) is 3.86. The lowest BCUT2D eigenvalue weighted by atomic mass is 10.1. The minimum atomic E-state index is -0.145. The highest BCUT2D eigenvalue weighted by Crippen LogP contribution is 2.33. The van der Waals surface area contributed by atoms with Gasteiger partial charge in [-0.2, -0.15) is 0 Å². The predicted octanol–water partition coefficient (Wildman–Crippen LogP) is 3.47. The van der Waals surface area contributed by atoms with Gasteiger partial charge in [0.15, 0.2) is 0 Å². The van der Waals surface area contributed by atoms with Crippen molar-refractivity contribution < 1.29 is 14.3 Å². The number of carbonyl (C=O) groups excluding carboxylic acids is 1. The van der Waals surface area contributed by atoms with Crippen molar-refractivity contribution >= 4 is 21.8 Å². The molecule has 5 nitrogen and oxygen atoms in total. The maximum Gasteiger partial charge on any atom is 0.255 e. The number of halogens is 1. The average molecular weight is 419 g/mol. The van der Waals surface area contributed by atoms with E-state index in [1.165, 1.54) is 5.56 Å². The Labute approximate surface area is 162 Å². The number of hydrogen-bond acceptors (Lipinski definition) is 4. The monoisotopic (exact) mass is 418 g/mol. The molecule has 0 aliphatic carbocycles. The molecule has 6 heteroatoms. The molecule has 1 amide bonds. The zero-order chi connectivity index (χ0) is 18.5. The largest absolute Gasteiger partial charge is 0.497 e. The number of rotatable bonds is 6. The molecule has 1 aliphatic heterocycles. The van der Waals surface area contributed by atoms with Gasteiger partial charge in [-0.1, -0.05) is 30.3 Å². The summed E-state index contributed by atoms with van der Waals surface area (Å²) in [5, 5.41) is 3.13. The van der Waals surface area contributed by atoms with Crippen molar-refractivity contribution in [1.29, 1.82) is 0 Å². The number of hydrogen-bond donors (Lipinski definition) is 1. The minimum absolute atomic E-state index is 0.126. The highest BCUT2D eigenvalue weighted by Gasteiger charge is 2.26. The summed E-state index contributed by atoms with van der Waals surface area (Å²) < 4.78 is 11.3. The highest BCUT2D eigenvalue weighted by molar-refractivity contribution is 9.10. The molecule has 0 spiro atoms. The average Bonchev–Trinajstić information content (AvgIpc) is 3.08. The van der Waals surface area contributed by atoms with Gasteiger partial charge in [-0.15, -0.1) is 0 Å². The maximum absolute atomic E-state index is 12.8. The molecular formula is C20H23BrN2O3. The van der Waals surface area contributed by atoms with E-state index in [2.05, 4.69) is 50.4 Å². The smallest absolute Gasteiger partial charge is 0.255 e. The lowest BCUT2D eigenvalue weighted by Gasteiger charge is -2.18. The molecule has 1 unspecified atom stereocenters. The van der Waals surface area contributed by atoms with Gasteiger partial charge in [-0.3, -0.25) is 9.69 Å². The van der Waals surface area contributed by atoms with E-state index in [0.29, 0.717) is 21.5 Å². The summed E-state index contributed by atoms with van der Waals surface area (Å²) in [4.78, 5) is 15.1. The number of carbonyl (C=O) groups is 1. The van der Waals surface area contributed by atoms with E-state index in [1.807, 2.05) is 6.07 Å². The van der Waals surface area contributed by atoms with Crippen molar-refractivity contribution in [1.82, 2.24) is 10.2 Å². The van der Waals surface area contributed by atoms with Crippen LogP contribution in [0.4, 0.5) is 0 Å². The van der Waals surface area contributed by atoms with Gasteiger partial charge in [0.1, 0.15) is 11.5 Å². The molecule has 0 saturated carbocycles. The number of likely N-dealkylation sites (tertiary alicyclic amines) is 1. The molecule has 3 rings (SSSR count). The SMILES string of the molecule is COc1cc(Br)c(OC)c(C(=O)NC2CCN(Cc3ccccc3)C2)c1. The fraction of sp³-hybridized carbons (Fsp3) is 0.350. The Balaban J connectivity index is 1.65. The van der Waals surface area contributed by atoms with E-state index in [4.69, 9.17) is 9.47 Å². The summed E-state index contributed by atoms with van der Waals surface area (Å²) in [5.74, 6) is 0.982. The molecule has 2 aromatic rings. The second-order valence-electron chi connectivity index (χ2n) is 6.37. The molecule has 1 saturated heterocycles. The molecule has 1 aliphatic rings. The summed E-state index contributed by atoms with van der Waals surface area (Å²) in [6.07, 6.45) is 0.937. The number of nitrogens with one attached hydrogen (secondary N) is 1. The molecule has 0 bridgehead atoms. The van der Waals surface area contributed by atoms with Crippen LogP contribution in [0.1, 0.15) is 22.3 Å². The fourth-order valence-electron chi connectivity index (χ4n) is 3.26. The third-order valence-electron chi connectivity index (χ3n) is 4.56. The molecule has 1 heterocycles. The van der Waals surface area contributed by atoms with Crippen molar-refractivity contribution in [2.45, 2.75) is 19.0 Å². The topological polar surface area (TPSA) is 50.8 Å². The maximum atomic E-state index is 12.8. The molecule has 0 aromatic heterocycles. The van der Waals surface area contributed by atoms with Gasteiger partial charge in [-0.25, -0.2) is 0 Å². The first-order valence-electron chi connectivity index (χ1n) is 8.59. The van der Waals surface area contributed by atoms with Crippen LogP contribution in [0.5, 0.6) is 11.5 Å². The second kappa shape index (κ2) is 8.56. The van der Waals surface area contributed by atoms with Crippen LogP contribution >= 0.6 is 15.9 Å². The van der Waals surface area contributed by atoms with Crippen molar-refractivity contribution in [2.24, 2.45) is 0 Å². The Morgan fingerprint density at radius 2 is 2.00 bits per heavy atom. The molecular weight excluding hydrogens is 396 g/mol. The zero-order valence-corrected chi connectivity index (χ0v) is 16.6. The first-order valence-corrected chi connectivity index (χ1v) is 9.38. The Morgan fingerprint density at radius 3 is 2.69 bits per heavy atom. The third kappa shape index (κ3) is 4.37. The van der Waals surface area contributed by atoms with E-state index in [1.54, 1.807) is 26.4 Å². The molecule has 1 atom stereocenters. The number of methoxy groups -OCH3 is 2. The van der Waals surface area contributed by atoms with Crippen molar-refractivity contribution in [2.75, 3.05) is 27.3 Å². The Bertz CT molecular complexity index is 767. The standard InChI is InChI=1S/C20H23BrN2O3/c1-25-16-10-17(19(26-2)18(21)11-16)20(24)22-15-8-9-23(13-15)12-14-6-4-3-5-7-14/h3-7,10-11,15H,8-9,12-13H2,1-2H3,(H,22,24). The Hall–Kier alpha value is -2.05. The number of ether oxygens (including phenoxy) is 2. The van der Waals surface area contributed by atoms with Crippen LogP contribution in [0, 0.1) is 0 Å². The Kier molecular flexibility index (Phi) is 6.16. The van der Waals surface area contributed by atoms with Crippen molar-refractivity contribution in [3.05, 3.63) is 58.1 Å². The van der Waals surface area contributed by atoms with Crippen LogP contribution in [0.25, 0.3) is 0 Å². The highest BCUT2D eigenvalue weighted by atomic mass is 79.9. The predicted molar refractivity (Wildman–Crippen MR) is 105 cm³/mol. The van der Waals surface area contributed by atoms with Gasteiger partial charge >= 0.3 is 0 Å². The summed E-state index contributed by atoms with van der Waals surface area (Å²) in [7, 11) is 3.13. The van der Waals surface area contributed by atoms with Gasteiger partial charge in [0.25, 0.3) is 5.91 Å². The van der Waals surface area contributed by atoms with Crippen molar-refractivity contribution in [3.8, 4) is 11.5 Å². The normalized spacial score (nSPS) is 17.1. The molecule has 2 aromatic carbocycles. The van der Waals surface area contributed by atoms with E-state index < -0.39 is 0 Å². The van der Waals surface area contributed by atoms with Crippen LogP contribution < -0.4 is 14.8 Å². The lowest BCUT2D eigenvalue weighted by molar-refractivity contribution is 0.0934. The molecule has 0 radical (unpaired) electrons. The summed E-state index contributed by atoms with van der Waals surface area (Å²) in [5.41, 5.74) is 1.76. The summed E-state index contributed by atoms with van der Waals surface area (Å²) in [6.45, 7) is 2.72. The number of nitrogens with zero attached hydrogens (tertiary/aromatic N) is 1. The van der Waals surface area contributed by atoms with Crippen LogP contribution in [-0.4, -0.2) is 44.2 Å².